The fourth-order valence-corrected chi connectivity index (χ4v) is 3.06. The lowest BCUT2D eigenvalue weighted by Crippen LogP contribution is -2.50. The number of carboxylic acids is 1. The van der Waals surface area contributed by atoms with Gasteiger partial charge in [-0.05, 0) is 12.8 Å². The Labute approximate surface area is 122 Å². The van der Waals surface area contributed by atoms with E-state index in [0.29, 0.717) is 19.4 Å². The van der Waals surface area contributed by atoms with Gasteiger partial charge >= 0.3 is 5.97 Å². The summed E-state index contributed by atoms with van der Waals surface area (Å²) in [5.41, 5.74) is 4.92. The molecular weight excluding hydrogens is 302 g/mol. The molecule has 1 fully saturated rings. The van der Waals surface area contributed by atoms with Crippen LogP contribution in [0.4, 0.5) is 0 Å². The Morgan fingerprint density at radius 1 is 1.43 bits per heavy atom. The fourth-order valence-electron chi connectivity index (χ4n) is 2.15. The van der Waals surface area contributed by atoms with Gasteiger partial charge < -0.3 is 16.2 Å². The van der Waals surface area contributed by atoms with Crippen molar-refractivity contribution in [1.29, 1.82) is 0 Å². The van der Waals surface area contributed by atoms with E-state index in [-0.39, 0.29) is 6.54 Å². The second kappa shape index (κ2) is 6.85. The Morgan fingerprint density at radius 3 is 2.52 bits per heavy atom. The second-order valence-corrected chi connectivity index (χ2v) is 7.01. The number of piperidine rings is 1. The third-order valence-electron chi connectivity index (χ3n) is 3.24. The fraction of sp³-hybridized carbons (Fsp3) is 0.727. The summed E-state index contributed by atoms with van der Waals surface area (Å²) in [6.45, 7) is 0.347. The summed E-state index contributed by atoms with van der Waals surface area (Å²) in [5, 5.41) is 11.2. The van der Waals surface area contributed by atoms with Gasteiger partial charge in [0.2, 0.25) is 21.8 Å². The zero-order valence-electron chi connectivity index (χ0n) is 11.6. The van der Waals surface area contributed by atoms with Crippen LogP contribution >= 0.6 is 0 Å². The molecule has 9 nitrogen and oxygen atoms in total. The van der Waals surface area contributed by atoms with Crippen LogP contribution in [0.5, 0.6) is 0 Å². The van der Waals surface area contributed by atoms with Crippen LogP contribution in [0.1, 0.15) is 19.3 Å². The lowest BCUT2D eigenvalue weighted by Gasteiger charge is -2.30. The van der Waals surface area contributed by atoms with E-state index < -0.39 is 46.2 Å². The maximum Gasteiger partial charge on any atom is 0.326 e. The summed E-state index contributed by atoms with van der Waals surface area (Å²) >= 11 is 0. The van der Waals surface area contributed by atoms with Gasteiger partial charge in [-0.3, -0.25) is 9.59 Å². The lowest BCUT2D eigenvalue weighted by molar-refractivity contribution is -0.144. The van der Waals surface area contributed by atoms with Crippen LogP contribution in [-0.4, -0.2) is 61.0 Å². The highest BCUT2D eigenvalue weighted by Crippen LogP contribution is 2.19. The first kappa shape index (κ1) is 17.4. The highest BCUT2D eigenvalue weighted by Gasteiger charge is 2.32. The average Bonchev–Trinajstić information content (AvgIpc) is 2.36. The summed E-state index contributed by atoms with van der Waals surface area (Å²) in [5.74, 6) is -3.43. The molecule has 2 atom stereocenters. The monoisotopic (exact) mass is 321 g/mol. The van der Waals surface area contributed by atoms with Gasteiger partial charge in [0.1, 0.15) is 6.04 Å². The number of rotatable bonds is 6. The van der Waals surface area contributed by atoms with Gasteiger partial charge in [0, 0.05) is 13.1 Å². The molecule has 4 N–H and O–H groups in total. The molecule has 120 valence electrons. The topological polar surface area (TPSA) is 147 Å². The molecule has 1 heterocycles. The van der Waals surface area contributed by atoms with Crippen LogP contribution in [0.25, 0.3) is 0 Å². The summed E-state index contributed by atoms with van der Waals surface area (Å²) in [6.07, 6.45) is 1.52. The molecule has 0 aromatic heterocycles. The first-order valence-corrected chi connectivity index (χ1v) is 8.22. The van der Waals surface area contributed by atoms with Crippen LogP contribution in [0, 0.1) is 5.92 Å². The van der Waals surface area contributed by atoms with E-state index in [1.807, 2.05) is 0 Å². The molecule has 0 bridgehead atoms. The molecule has 1 rings (SSSR count). The first-order valence-electron chi connectivity index (χ1n) is 6.38. The van der Waals surface area contributed by atoms with E-state index in [1.54, 1.807) is 0 Å². The predicted octanol–water partition coefficient (Wildman–Crippen LogP) is -1.90. The standard InChI is InChI=1S/C11H19N3O6S/c1-21(19,20)14-4-2-3-7(6-14)10(16)13-8(11(17)18)5-9(12)15/h7-8H,2-6H2,1H3,(H2,12,15)(H,13,16)(H,17,18). The number of nitrogens with zero attached hydrogens (tertiary/aromatic N) is 1. The van der Waals surface area contributed by atoms with Crippen molar-refractivity contribution in [3.63, 3.8) is 0 Å². The van der Waals surface area contributed by atoms with E-state index in [2.05, 4.69) is 5.32 Å². The van der Waals surface area contributed by atoms with Crippen molar-refractivity contribution in [3.8, 4) is 0 Å². The molecule has 0 spiro atoms. The number of hydrogen-bond acceptors (Lipinski definition) is 5. The largest absolute Gasteiger partial charge is 0.480 e. The maximum absolute atomic E-state index is 12.0. The number of primary amides is 1. The summed E-state index contributed by atoms with van der Waals surface area (Å²) < 4.78 is 24.1. The third kappa shape index (κ3) is 5.31. The molecule has 1 saturated heterocycles. The number of carbonyl (C=O) groups is 3. The van der Waals surface area contributed by atoms with Gasteiger partial charge in [-0.1, -0.05) is 0 Å². The Hall–Kier alpha value is -1.68. The van der Waals surface area contributed by atoms with Gasteiger partial charge in [0.15, 0.2) is 0 Å². The van der Waals surface area contributed by atoms with Crippen molar-refractivity contribution in [2.24, 2.45) is 11.7 Å². The SMILES string of the molecule is CS(=O)(=O)N1CCCC(C(=O)NC(CC(N)=O)C(=O)O)C1. The van der Waals surface area contributed by atoms with Gasteiger partial charge in [-0.25, -0.2) is 17.5 Å². The number of amides is 2. The van der Waals surface area contributed by atoms with E-state index in [1.165, 1.54) is 4.31 Å². The molecule has 0 aromatic rings. The molecule has 21 heavy (non-hydrogen) atoms. The highest BCUT2D eigenvalue weighted by atomic mass is 32.2. The highest BCUT2D eigenvalue weighted by molar-refractivity contribution is 7.88. The molecule has 1 aliphatic rings. The van der Waals surface area contributed by atoms with E-state index in [9.17, 15) is 22.8 Å². The molecule has 1 aliphatic heterocycles. The van der Waals surface area contributed by atoms with Crippen molar-refractivity contribution in [2.75, 3.05) is 19.3 Å². The van der Waals surface area contributed by atoms with Crippen molar-refractivity contribution < 1.29 is 27.9 Å². The average molecular weight is 321 g/mol. The van der Waals surface area contributed by atoms with E-state index in [0.717, 1.165) is 6.26 Å². The van der Waals surface area contributed by atoms with Gasteiger partial charge in [0.25, 0.3) is 0 Å². The molecule has 0 aliphatic carbocycles. The lowest BCUT2D eigenvalue weighted by atomic mass is 9.98. The summed E-state index contributed by atoms with van der Waals surface area (Å²) in [6, 6.07) is -1.40. The van der Waals surface area contributed by atoms with Crippen LogP contribution in [0.15, 0.2) is 0 Å². The minimum absolute atomic E-state index is 0.00752. The molecule has 0 aromatic carbocycles. The van der Waals surface area contributed by atoms with Crippen LogP contribution in [0.2, 0.25) is 0 Å². The number of sulfonamides is 1. The molecular formula is C11H19N3O6S. The zero-order chi connectivity index (χ0) is 16.2. The van der Waals surface area contributed by atoms with Gasteiger partial charge in [-0.15, -0.1) is 0 Å². The number of carbonyl (C=O) groups excluding carboxylic acids is 2. The first-order chi connectivity index (χ1) is 9.61. The molecule has 2 unspecified atom stereocenters. The van der Waals surface area contributed by atoms with Crippen molar-refractivity contribution in [3.05, 3.63) is 0 Å². The van der Waals surface area contributed by atoms with Crippen molar-refractivity contribution >= 4 is 27.8 Å². The Bertz CT molecular complexity index is 532. The number of hydrogen-bond donors (Lipinski definition) is 3. The number of carboxylic acid groups (broad SMARTS) is 1. The normalized spacial score (nSPS) is 21.5. The molecule has 0 saturated carbocycles. The molecule has 2 amide bonds. The van der Waals surface area contributed by atoms with Crippen molar-refractivity contribution in [2.45, 2.75) is 25.3 Å². The third-order valence-corrected chi connectivity index (χ3v) is 4.51. The zero-order valence-corrected chi connectivity index (χ0v) is 12.4. The van der Waals surface area contributed by atoms with Crippen LogP contribution in [0.3, 0.4) is 0 Å². The minimum atomic E-state index is -3.39. The molecule has 10 heteroatoms. The van der Waals surface area contributed by atoms with Gasteiger partial charge in [0.05, 0.1) is 18.6 Å². The maximum atomic E-state index is 12.0. The van der Waals surface area contributed by atoms with E-state index >= 15 is 0 Å². The predicted molar refractivity (Wildman–Crippen MR) is 72.5 cm³/mol. The minimum Gasteiger partial charge on any atom is -0.480 e. The smallest absolute Gasteiger partial charge is 0.326 e. The number of aliphatic carboxylic acids is 1. The summed E-state index contributed by atoms with van der Waals surface area (Å²) in [4.78, 5) is 33.7. The van der Waals surface area contributed by atoms with Gasteiger partial charge in [-0.2, -0.15) is 0 Å². The quantitative estimate of drug-likeness (QED) is 0.521. The number of nitrogens with one attached hydrogen (secondary N) is 1. The van der Waals surface area contributed by atoms with E-state index in [4.69, 9.17) is 10.8 Å². The van der Waals surface area contributed by atoms with Crippen LogP contribution < -0.4 is 11.1 Å². The second-order valence-electron chi connectivity index (χ2n) is 5.03. The molecule has 0 radical (unpaired) electrons. The Balaban J connectivity index is 2.69. The Kier molecular flexibility index (Phi) is 5.67. The number of nitrogens with two attached hydrogens (primary N) is 1. The summed E-state index contributed by atoms with van der Waals surface area (Å²) in [7, 11) is -3.39. The van der Waals surface area contributed by atoms with Crippen molar-refractivity contribution in [1.82, 2.24) is 9.62 Å². The van der Waals surface area contributed by atoms with Crippen LogP contribution in [-0.2, 0) is 24.4 Å². The Morgan fingerprint density at radius 2 is 2.05 bits per heavy atom.